The Hall–Kier alpha value is -3.06. The van der Waals surface area contributed by atoms with Gasteiger partial charge in [-0.15, -0.1) is 0 Å². The highest BCUT2D eigenvalue weighted by molar-refractivity contribution is 6.31. The topological polar surface area (TPSA) is 84.9 Å². The molecule has 28 heavy (non-hydrogen) atoms. The van der Waals surface area contributed by atoms with Crippen LogP contribution < -0.4 is 10.1 Å². The SMILES string of the molecule is COc1cccc(NC(=O)CN(C)C(=O)COC(=O)Cc2ccccc2Cl)c1. The molecule has 0 fully saturated rings. The first kappa shape index (κ1) is 21.2. The van der Waals surface area contributed by atoms with E-state index in [4.69, 9.17) is 21.1 Å². The lowest BCUT2D eigenvalue weighted by atomic mass is 10.1. The monoisotopic (exact) mass is 404 g/mol. The Balaban J connectivity index is 1.77. The van der Waals surface area contributed by atoms with Crippen molar-refractivity contribution in [1.82, 2.24) is 4.90 Å². The average molecular weight is 405 g/mol. The maximum absolute atomic E-state index is 12.1. The predicted molar refractivity (Wildman–Crippen MR) is 105 cm³/mol. The van der Waals surface area contributed by atoms with Gasteiger partial charge in [0.2, 0.25) is 5.91 Å². The summed E-state index contributed by atoms with van der Waals surface area (Å²) in [6.45, 7) is -0.635. The number of nitrogens with zero attached hydrogens (tertiary/aromatic N) is 1. The van der Waals surface area contributed by atoms with E-state index in [0.717, 1.165) is 0 Å². The van der Waals surface area contributed by atoms with E-state index in [0.29, 0.717) is 22.0 Å². The van der Waals surface area contributed by atoms with Crippen LogP contribution in [0.3, 0.4) is 0 Å². The number of esters is 1. The molecular weight excluding hydrogens is 384 g/mol. The van der Waals surface area contributed by atoms with Crippen molar-refractivity contribution >= 4 is 35.1 Å². The lowest BCUT2D eigenvalue weighted by molar-refractivity contribution is -0.151. The Morgan fingerprint density at radius 3 is 2.57 bits per heavy atom. The highest BCUT2D eigenvalue weighted by Gasteiger charge is 2.16. The molecule has 0 aliphatic heterocycles. The van der Waals surface area contributed by atoms with E-state index in [2.05, 4.69) is 5.32 Å². The van der Waals surface area contributed by atoms with Gasteiger partial charge in [-0.2, -0.15) is 0 Å². The van der Waals surface area contributed by atoms with Gasteiger partial charge in [-0.25, -0.2) is 0 Å². The fourth-order valence-corrected chi connectivity index (χ4v) is 2.51. The molecule has 2 amide bonds. The van der Waals surface area contributed by atoms with Crippen LogP contribution >= 0.6 is 11.6 Å². The van der Waals surface area contributed by atoms with Gasteiger partial charge in [0.1, 0.15) is 5.75 Å². The van der Waals surface area contributed by atoms with Crippen molar-refractivity contribution in [1.29, 1.82) is 0 Å². The number of ether oxygens (including phenoxy) is 2. The lowest BCUT2D eigenvalue weighted by Gasteiger charge is -2.17. The van der Waals surface area contributed by atoms with Crippen molar-refractivity contribution in [3.05, 3.63) is 59.1 Å². The molecule has 0 heterocycles. The van der Waals surface area contributed by atoms with Gasteiger partial charge >= 0.3 is 5.97 Å². The Morgan fingerprint density at radius 1 is 1.11 bits per heavy atom. The molecule has 0 aromatic heterocycles. The highest BCUT2D eigenvalue weighted by Crippen LogP contribution is 2.17. The molecule has 8 heteroatoms. The van der Waals surface area contributed by atoms with Crippen LogP contribution in [0, 0.1) is 0 Å². The van der Waals surface area contributed by atoms with Crippen LogP contribution in [0.5, 0.6) is 5.75 Å². The largest absolute Gasteiger partial charge is 0.497 e. The number of hydrogen-bond acceptors (Lipinski definition) is 5. The standard InChI is InChI=1S/C20H21ClN2O5/c1-23(12-18(24)22-15-7-5-8-16(11-15)27-2)19(25)13-28-20(26)10-14-6-3-4-9-17(14)21/h3-9,11H,10,12-13H2,1-2H3,(H,22,24). The van der Waals surface area contributed by atoms with Gasteiger partial charge in [-0.1, -0.05) is 35.9 Å². The second-order valence-electron chi connectivity index (χ2n) is 5.96. The minimum atomic E-state index is -0.573. The van der Waals surface area contributed by atoms with Gasteiger partial charge in [-0.3, -0.25) is 14.4 Å². The van der Waals surface area contributed by atoms with Gasteiger partial charge in [0, 0.05) is 23.8 Å². The number of hydrogen-bond donors (Lipinski definition) is 1. The molecule has 148 valence electrons. The minimum Gasteiger partial charge on any atom is -0.497 e. The van der Waals surface area contributed by atoms with E-state index in [-0.39, 0.29) is 18.9 Å². The van der Waals surface area contributed by atoms with Crippen molar-refractivity contribution in [2.45, 2.75) is 6.42 Å². The molecule has 0 spiro atoms. The molecule has 2 rings (SSSR count). The van der Waals surface area contributed by atoms with Crippen LogP contribution in [0.4, 0.5) is 5.69 Å². The summed E-state index contributed by atoms with van der Waals surface area (Å²) >= 11 is 5.99. The number of carbonyl (C=O) groups is 3. The van der Waals surface area contributed by atoms with Crippen LogP contribution in [0.1, 0.15) is 5.56 Å². The first-order valence-corrected chi connectivity index (χ1v) is 8.83. The molecule has 7 nitrogen and oxygen atoms in total. The summed E-state index contributed by atoms with van der Waals surface area (Å²) in [5, 5.41) is 3.13. The van der Waals surface area contributed by atoms with E-state index in [1.54, 1.807) is 48.5 Å². The van der Waals surface area contributed by atoms with Crippen LogP contribution in [0.25, 0.3) is 0 Å². The number of carbonyl (C=O) groups excluding carboxylic acids is 3. The zero-order valence-corrected chi connectivity index (χ0v) is 16.4. The third-order valence-electron chi connectivity index (χ3n) is 3.81. The Morgan fingerprint density at radius 2 is 1.86 bits per heavy atom. The summed E-state index contributed by atoms with van der Waals surface area (Å²) in [6.07, 6.45) is -0.0347. The molecule has 0 aliphatic rings. The predicted octanol–water partition coefficient (Wildman–Crippen LogP) is 2.53. The molecular formula is C20H21ClN2O5. The van der Waals surface area contributed by atoms with E-state index >= 15 is 0 Å². The summed E-state index contributed by atoms with van der Waals surface area (Å²) in [7, 11) is 2.98. The van der Waals surface area contributed by atoms with Crippen molar-refractivity contribution in [2.75, 3.05) is 32.6 Å². The lowest BCUT2D eigenvalue weighted by Crippen LogP contribution is -2.37. The second-order valence-corrected chi connectivity index (χ2v) is 6.37. The van der Waals surface area contributed by atoms with Crippen molar-refractivity contribution in [3.8, 4) is 5.75 Å². The van der Waals surface area contributed by atoms with Crippen LogP contribution in [0.2, 0.25) is 5.02 Å². The van der Waals surface area contributed by atoms with Crippen LogP contribution in [-0.4, -0.2) is 50.0 Å². The normalized spacial score (nSPS) is 10.1. The highest BCUT2D eigenvalue weighted by atomic mass is 35.5. The zero-order valence-electron chi connectivity index (χ0n) is 15.6. The van der Waals surface area contributed by atoms with Gasteiger partial charge in [0.25, 0.3) is 5.91 Å². The third-order valence-corrected chi connectivity index (χ3v) is 4.18. The number of likely N-dealkylation sites (N-methyl/N-ethyl adjacent to an activating group) is 1. The summed E-state index contributed by atoms with van der Waals surface area (Å²) < 4.78 is 10.1. The van der Waals surface area contributed by atoms with E-state index < -0.39 is 18.5 Å². The van der Waals surface area contributed by atoms with E-state index in [1.807, 2.05) is 0 Å². The van der Waals surface area contributed by atoms with Gasteiger partial charge < -0.3 is 19.7 Å². The Bertz CT molecular complexity index is 856. The molecule has 0 aliphatic carbocycles. The summed E-state index contributed by atoms with van der Waals surface area (Å²) in [5.41, 5.74) is 1.17. The first-order valence-electron chi connectivity index (χ1n) is 8.46. The number of methoxy groups -OCH3 is 1. The maximum atomic E-state index is 12.1. The molecule has 0 unspecified atom stereocenters. The molecule has 0 radical (unpaired) electrons. The van der Waals surface area contributed by atoms with Crippen molar-refractivity contribution in [2.24, 2.45) is 0 Å². The number of nitrogens with one attached hydrogen (secondary N) is 1. The first-order chi connectivity index (χ1) is 13.4. The zero-order chi connectivity index (χ0) is 20.5. The molecule has 0 atom stereocenters. The number of anilines is 1. The fraction of sp³-hybridized carbons (Fsp3) is 0.250. The fourth-order valence-electron chi connectivity index (χ4n) is 2.31. The molecule has 1 N–H and O–H groups in total. The molecule has 0 saturated heterocycles. The Kier molecular flexibility index (Phi) is 7.83. The van der Waals surface area contributed by atoms with Gasteiger partial charge in [0.15, 0.2) is 6.61 Å². The quantitative estimate of drug-likeness (QED) is 0.683. The molecule has 2 aromatic carbocycles. The number of rotatable bonds is 8. The van der Waals surface area contributed by atoms with Crippen LogP contribution in [-0.2, 0) is 25.5 Å². The summed E-state index contributed by atoms with van der Waals surface area (Å²) in [6, 6.07) is 13.8. The van der Waals surface area contributed by atoms with Gasteiger partial charge in [0.05, 0.1) is 20.1 Å². The summed E-state index contributed by atoms with van der Waals surface area (Å²) in [4.78, 5) is 37.2. The summed E-state index contributed by atoms with van der Waals surface area (Å²) in [5.74, 6) is -0.844. The Labute approximate surface area is 168 Å². The molecule has 0 saturated carbocycles. The molecule has 0 bridgehead atoms. The van der Waals surface area contributed by atoms with E-state index in [1.165, 1.54) is 19.1 Å². The van der Waals surface area contributed by atoms with Gasteiger partial charge in [-0.05, 0) is 23.8 Å². The second kappa shape index (κ2) is 10.3. The minimum absolute atomic E-state index is 0.0347. The third kappa shape index (κ3) is 6.59. The number of amides is 2. The van der Waals surface area contributed by atoms with Crippen LogP contribution in [0.15, 0.2) is 48.5 Å². The van der Waals surface area contributed by atoms with E-state index in [9.17, 15) is 14.4 Å². The number of benzene rings is 2. The smallest absolute Gasteiger partial charge is 0.310 e. The van der Waals surface area contributed by atoms with Crippen molar-refractivity contribution < 1.29 is 23.9 Å². The average Bonchev–Trinajstić information content (AvgIpc) is 2.67. The molecule has 2 aromatic rings. The van der Waals surface area contributed by atoms with Crippen molar-refractivity contribution in [3.63, 3.8) is 0 Å². The maximum Gasteiger partial charge on any atom is 0.310 e. The number of halogens is 1.